The quantitative estimate of drug-likeness (QED) is 0.668. The fourth-order valence-corrected chi connectivity index (χ4v) is 4.62. The Morgan fingerprint density at radius 2 is 1.79 bits per heavy atom. The number of H-pyrrole nitrogens is 1. The minimum absolute atomic E-state index is 0.149. The lowest BCUT2D eigenvalue weighted by Crippen LogP contribution is -2.34. The van der Waals surface area contributed by atoms with E-state index in [9.17, 15) is 9.59 Å². The predicted molar refractivity (Wildman–Crippen MR) is 111 cm³/mol. The number of anilines is 1. The van der Waals surface area contributed by atoms with Crippen molar-refractivity contribution in [2.45, 2.75) is 63.5 Å². The van der Waals surface area contributed by atoms with Gasteiger partial charge in [0, 0.05) is 18.2 Å². The summed E-state index contributed by atoms with van der Waals surface area (Å²) < 4.78 is 1.55. The Hall–Kier alpha value is -2.96. The van der Waals surface area contributed by atoms with Crippen molar-refractivity contribution >= 4 is 28.4 Å². The van der Waals surface area contributed by atoms with Crippen LogP contribution in [0, 0.1) is 0 Å². The predicted octanol–water partition coefficient (Wildman–Crippen LogP) is 2.69. The highest BCUT2D eigenvalue weighted by Crippen LogP contribution is 2.25. The number of hydrogen-bond acceptors (Lipinski definition) is 4. The van der Waals surface area contributed by atoms with Crippen LogP contribution >= 0.6 is 0 Å². The maximum absolute atomic E-state index is 13.1. The van der Waals surface area contributed by atoms with Crippen LogP contribution in [0.25, 0.3) is 16.7 Å². The second-order valence-corrected chi connectivity index (χ2v) is 8.25. The van der Waals surface area contributed by atoms with E-state index in [4.69, 9.17) is 4.98 Å². The fraction of sp³-hybridized carbons (Fsp3) is 0.455. The Morgan fingerprint density at radius 3 is 2.55 bits per heavy atom. The van der Waals surface area contributed by atoms with Crippen LogP contribution in [-0.4, -0.2) is 27.4 Å². The molecule has 0 radical (unpaired) electrons. The number of fused-ring (bicyclic) bond motifs is 2. The molecule has 29 heavy (non-hydrogen) atoms. The molecule has 3 aromatic rings. The van der Waals surface area contributed by atoms with Crippen molar-refractivity contribution in [3.63, 3.8) is 0 Å². The Balaban J connectivity index is 1.62. The summed E-state index contributed by atoms with van der Waals surface area (Å²) >= 11 is 0. The maximum Gasteiger partial charge on any atom is 0.325 e. The van der Waals surface area contributed by atoms with Gasteiger partial charge >= 0.3 is 5.56 Å². The largest absolute Gasteiger partial charge is 0.353 e. The third-order valence-corrected chi connectivity index (χ3v) is 6.21. The molecule has 2 fully saturated rings. The number of hydrogen-bond donors (Lipinski definition) is 2. The first-order chi connectivity index (χ1) is 14.2. The molecule has 7 heteroatoms. The lowest BCUT2D eigenvalue weighted by Gasteiger charge is -2.16. The SMILES string of the molecule is O=C(NC1CCCC1)c1cc2c(=O)n3ccccc3[nH+]c2nc1NC1CCCC1. The van der Waals surface area contributed by atoms with E-state index in [-0.39, 0.29) is 17.5 Å². The smallest absolute Gasteiger partial charge is 0.325 e. The van der Waals surface area contributed by atoms with Crippen molar-refractivity contribution in [2.24, 2.45) is 0 Å². The zero-order valence-electron chi connectivity index (χ0n) is 16.4. The lowest BCUT2D eigenvalue weighted by molar-refractivity contribution is -0.319. The highest BCUT2D eigenvalue weighted by atomic mass is 16.2. The summed E-state index contributed by atoms with van der Waals surface area (Å²) in [6.45, 7) is 0. The van der Waals surface area contributed by atoms with E-state index in [2.05, 4.69) is 15.6 Å². The van der Waals surface area contributed by atoms with E-state index in [1.807, 2.05) is 18.2 Å². The van der Waals surface area contributed by atoms with Crippen molar-refractivity contribution in [2.75, 3.05) is 5.32 Å². The first-order valence-electron chi connectivity index (χ1n) is 10.6. The van der Waals surface area contributed by atoms with Crippen LogP contribution in [0.5, 0.6) is 0 Å². The molecule has 2 aliphatic carbocycles. The van der Waals surface area contributed by atoms with E-state index in [1.54, 1.807) is 16.7 Å². The number of aromatic nitrogens is 3. The molecule has 3 N–H and O–H groups in total. The van der Waals surface area contributed by atoms with Gasteiger partial charge in [0.1, 0.15) is 10.9 Å². The molecule has 150 valence electrons. The molecule has 0 spiro atoms. The molecule has 0 unspecified atom stereocenters. The van der Waals surface area contributed by atoms with Gasteiger partial charge in [-0.2, -0.15) is 4.40 Å². The van der Waals surface area contributed by atoms with Crippen molar-refractivity contribution in [3.05, 3.63) is 46.4 Å². The van der Waals surface area contributed by atoms with Gasteiger partial charge in [0.15, 0.2) is 0 Å². The summed E-state index contributed by atoms with van der Waals surface area (Å²) in [5.41, 5.74) is 1.45. The topological polar surface area (TPSA) is 89.6 Å². The number of carbonyl (C=O) groups is 1. The van der Waals surface area contributed by atoms with Gasteiger partial charge in [-0.05, 0) is 37.8 Å². The summed E-state index contributed by atoms with van der Waals surface area (Å²) in [4.78, 5) is 34.1. The molecule has 0 bridgehead atoms. The van der Waals surface area contributed by atoms with Gasteiger partial charge in [-0.3, -0.25) is 4.79 Å². The fourth-order valence-electron chi connectivity index (χ4n) is 4.62. The van der Waals surface area contributed by atoms with Crippen LogP contribution in [0.1, 0.15) is 61.7 Å². The Labute approximate surface area is 168 Å². The maximum atomic E-state index is 13.1. The molecule has 1 amide bonds. The normalized spacial score (nSPS) is 17.9. The van der Waals surface area contributed by atoms with Gasteiger partial charge in [0.05, 0.1) is 6.20 Å². The summed E-state index contributed by atoms with van der Waals surface area (Å²) in [6.07, 6.45) is 10.6. The summed E-state index contributed by atoms with van der Waals surface area (Å²) in [5.74, 6) is 0.417. The molecular formula is C22H26N5O2+. The Bertz CT molecular complexity index is 1130. The van der Waals surface area contributed by atoms with Crippen molar-refractivity contribution in [3.8, 4) is 0 Å². The third kappa shape index (κ3) is 3.45. The number of pyridine rings is 2. The molecule has 0 atom stereocenters. The van der Waals surface area contributed by atoms with Crippen molar-refractivity contribution < 1.29 is 9.78 Å². The zero-order valence-corrected chi connectivity index (χ0v) is 16.4. The van der Waals surface area contributed by atoms with Gasteiger partial charge in [-0.15, -0.1) is 0 Å². The molecule has 7 nitrogen and oxygen atoms in total. The minimum Gasteiger partial charge on any atom is -0.353 e. The number of nitrogens with zero attached hydrogens (tertiary/aromatic N) is 2. The Kier molecular flexibility index (Phi) is 4.66. The number of aromatic amines is 1. The first-order valence-corrected chi connectivity index (χ1v) is 10.6. The van der Waals surface area contributed by atoms with Crippen LogP contribution in [0.4, 0.5) is 5.82 Å². The standard InChI is InChI=1S/C22H25N5O2/c28-21(24-15-9-3-4-10-15)16-13-17-20(26-19(16)23-14-7-1-2-8-14)25-18-11-5-6-12-27(18)22(17)29/h5-6,11-15H,1-4,7-10H2,(H,23,26)(H,24,28)/p+1. The number of nitrogens with one attached hydrogen (secondary N) is 3. The highest BCUT2D eigenvalue weighted by Gasteiger charge is 2.26. The first kappa shape index (κ1) is 18.1. The molecule has 5 rings (SSSR count). The van der Waals surface area contributed by atoms with E-state index in [0.29, 0.717) is 34.1 Å². The van der Waals surface area contributed by atoms with Gasteiger partial charge in [-0.1, -0.05) is 36.7 Å². The molecular weight excluding hydrogens is 366 g/mol. The Morgan fingerprint density at radius 1 is 1.07 bits per heavy atom. The molecule has 3 heterocycles. The van der Waals surface area contributed by atoms with Crippen LogP contribution < -0.4 is 21.2 Å². The van der Waals surface area contributed by atoms with E-state index in [1.165, 1.54) is 12.8 Å². The second kappa shape index (κ2) is 7.46. The van der Waals surface area contributed by atoms with Crippen LogP contribution in [0.3, 0.4) is 0 Å². The molecule has 0 aliphatic heterocycles. The van der Waals surface area contributed by atoms with Gasteiger partial charge in [0.25, 0.3) is 11.6 Å². The van der Waals surface area contributed by atoms with E-state index < -0.39 is 0 Å². The number of amides is 1. The molecule has 2 aliphatic rings. The zero-order chi connectivity index (χ0) is 19.8. The summed E-state index contributed by atoms with van der Waals surface area (Å²) in [7, 11) is 0. The van der Waals surface area contributed by atoms with Gasteiger partial charge in [-0.25, -0.2) is 9.78 Å². The van der Waals surface area contributed by atoms with Crippen LogP contribution in [-0.2, 0) is 0 Å². The molecule has 0 aromatic carbocycles. The van der Waals surface area contributed by atoms with Crippen molar-refractivity contribution in [1.29, 1.82) is 0 Å². The number of rotatable bonds is 4. The third-order valence-electron chi connectivity index (χ3n) is 6.21. The second-order valence-electron chi connectivity index (χ2n) is 8.25. The molecule has 3 aromatic heterocycles. The average molecular weight is 392 g/mol. The van der Waals surface area contributed by atoms with E-state index >= 15 is 0 Å². The average Bonchev–Trinajstić information content (AvgIpc) is 3.42. The molecule has 2 saturated carbocycles. The summed E-state index contributed by atoms with van der Waals surface area (Å²) in [5, 5.41) is 7.04. The van der Waals surface area contributed by atoms with Crippen molar-refractivity contribution in [1.82, 2.24) is 14.7 Å². The summed E-state index contributed by atoms with van der Waals surface area (Å²) in [6, 6.07) is 7.75. The minimum atomic E-state index is -0.177. The van der Waals surface area contributed by atoms with Crippen LogP contribution in [0.2, 0.25) is 0 Å². The number of carbonyl (C=O) groups excluding carboxylic acids is 1. The van der Waals surface area contributed by atoms with E-state index in [0.717, 1.165) is 38.5 Å². The van der Waals surface area contributed by atoms with Gasteiger partial charge < -0.3 is 10.6 Å². The monoisotopic (exact) mass is 392 g/mol. The lowest BCUT2D eigenvalue weighted by atomic mass is 10.1. The van der Waals surface area contributed by atoms with Crippen LogP contribution in [0.15, 0.2) is 35.3 Å². The van der Waals surface area contributed by atoms with Gasteiger partial charge in [0.2, 0.25) is 11.5 Å². The highest BCUT2D eigenvalue weighted by molar-refractivity contribution is 6.01. The molecule has 0 saturated heterocycles.